The van der Waals surface area contributed by atoms with E-state index in [0.717, 1.165) is 24.3 Å². The van der Waals surface area contributed by atoms with Crippen molar-refractivity contribution < 1.29 is 37.7 Å². The zero-order chi connectivity index (χ0) is 34.1. The van der Waals surface area contributed by atoms with Crippen molar-refractivity contribution in [2.24, 2.45) is 0 Å². The van der Waals surface area contributed by atoms with Crippen molar-refractivity contribution in [2.45, 2.75) is 123 Å². The smallest absolute Gasteiger partial charge is 0.419 e. The van der Waals surface area contributed by atoms with Crippen molar-refractivity contribution in [1.29, 1.82) is 0 Å². The second-order valence-corrected chi connectivity index (χ2v) is 17.7. The van der Waals surface area contributed by atoms with Crippen molar-refractivity contribution in [3.05, 3.63) is 35.9 Å². The number of carbonyl (C=O) groups excluding carboxylic acids is 3. The lowest BCUT2D eigenvalue weighted by Crippen LogP contribution is -2.56. The molecule has 10 nitrogen and oxygen atoms in total. The maximum absolute atomic E-state index is 14.6. The Balaban J connectivity index is 2.30. The Morgan fingerprint density at radius 1 is 0.844 bits per heavy atom. The predicted molar refractivity (Wildman–Crippen MR) is 177 cm³/mol. The molecule has 45 heavy (non-hydrogen) atoms. The van der Waals surface area contributed by atoms with Crippen LogP contribution in [0.2, 0.25) is 0 Å². The van der Waals surface area contributed by atoms with Crippen LogP contribution < -0.4 is 0 Å². The van der Waals surface area contributed by atoms with Crippen LogP contribution in [0.15, 0.2) is 30.3 Å². The van der Waals surface area contributed by atoms with Crippen molar-refractivity contribution >= 4 is 25.5 Å². The average Bonchev–Trinajstić information content (AvgIpc) is 2.88. The summed E-state index contributed by atoms with van der Waals surface area (Å²) in [6, 6.07) is 10.2. The van der Waals surface area contributed by atoms with Gasteiger partial charge in [-0.05, 0) is 113 Å². The molecule has 0 aromatic heterocycles. The summed E-state index contributed by atoms with van der Waals surface area (Å²) < 4.78 is 37.5. The van der Waals surface area contributed by atoms with Crippen molar-refractivity contribution in [1.82, 2.24) is 9.80 Å². The van der Waals surface area contributed by atoms with Crippen LogP contribution in [0.5, 0.6) is 0 Å². The summed E-state index contributed by atoms with van der Waals surface area (Å²) in [5, 5.41) is -1.38. The summed E-state index contributed by atoms with van der Waals surface area (Å²) >= 11 is 0. The number of ether oxygens (including phenoxy) is 3. The first kappa shape index (κ1) is 38.8. The van der Waals surface area contributed by atoms with Gasteiger partial charge in [-0.25, -0.2) is 14.5 Å². The number of imide groups is 1. The van der Waals surface area contributed by atoms with Crippen molar-refractivity contribution in [2.75, 3.05) is 38.9 Å². The maximum Gasteiger partial charge on any atom is 0.419 e. The SMILES string of the molecule is CCOP1(=O)CCN(CCCc2ccccc2)CC1(CCCCN(C(=O)OC(C)(C)C)C(=O)OC(C)(C)C)C(=O)OC(C)(C)C. The first-order chi connectivity index (χ1) is 20.7. The van der Waals surface area contributed by atoms with Gasteiger partial charge in [0.25, 0.3) is 0 Å². The molecular formula is C34H57N2O8P. The fourth-order valence-electron chi connectivity index (χ4n) is 5.29. The average molecular weight is 653 g/mol. The summed E-state index contributed by atoms with van der Waals surface area (Å²) in [5.74, 6) is -0.532. The number of esters is 1. The zero-order valence-electron chi connectivity index (χ0n) is 29.3. The van der Waals surface area contributed by atoms with E-state index in [4.69, 9.17) is 18.7 Å². The van der Waals surface area contributed by atoms with Crippen LogP contribution in [0.3, 0.4) is 0 Å². The van der Waals surface area contributed by atoms with Gasteiger partial charge >= 0.3 is 18.2 Å². The highest BCUT2D eigenvalue weighted by atomic mass is 31.2. The van der Waals surface area contributed by atoms with Crippen LogP contribution in [0.1, 0.15) is 100 Å². The van der Waals surface area contributed by atoms with E-state index in [-0.39, 0.29) is 32.3 Å². The van der Waals surface area contributed by atoms with E-state index in [0.29, 0.717) is 19.4 Å². The minimum Gasteiger partial charge on any atom is -0.459 e. The highest BCUT2D eigenvalue weighted by Crippen LogP contribution is 2.63. The molecule has 1 fully saturated rings. The van der Waals surface area contributed by atoms with E-state index in [9.17, 15) is 18.9 Å². The molecule has 1 saturated heterocycles. The molecule has 11 heteroatoms. The Morgan fingerprint density at radius 2 is 1.40 bits per heavy atom. The molecule has 2 rings (SSSR count). The molecule has 2 unspecified atom stereocenters. The van der Waals surface area contributed by atoms with E-state index >= 15 is 0 Å². The molecule has 0 N–H and O–H groups in total. The first-order valence-electron chi connectivity index (χ1n) is 16.2. The molecular weight excluding hydrogens is 595 g/mol. The maximum atomic E-state index is 14.6. The molecule has 0 bridgehead atoms. The third-order valence-electron chi connectivity index (χ3n) is 7.20. The monoisotopic (exact) mass is 652 g/mol. The van der Waals surface area contributed by atoms with Crippen LogP contribution in [0, 0.1) is 0 Å². The lowest BCUT2D eigenvalue weighted by Gasteiger charge is -2.46. The molecule has 0 spiro atoms. The summed E-state index contributed by atoms with van der Waals surface area (Å²) in [5.41, 5.74) is -1.17. The molecule has 0 aliphatic carbocycles. The summed E-state index contributed by atoms with van der Waals surface area (Å²) in [6.45, 7) is 19.3. The molecule has 1 aliphatic heterocycles. The number of benzene rings is 1. The van der Waals surface area contributed by atoms with Gasteiger partial charge < -0.3 is 23.6 Å². The normalized spacial score (nSPS) is 21.2. The Labute approximate surface area is 270 Å². The zero-order valence-corrected chi connectivity index (χ0v) is 30.2. The van der Waals surface area contributed by atoms with Crippen LogP contribution in [-0.2, 0) is 34.5 Å². The number of amides is 2. The second kappa shape index (κ2) is 15.9. The number of rotatable bonds is 12. The lowest BCUT2D eigenvalue weighted by molar-refractivity contribution is -0.160. The van der Waals surface area contributed by atoms with Crippen molar-refractivity contribution in [3.8, 4) is 0 Å². The number of carbonyl (C=O) groups is 3. The van der Waals surface area contributed by atoms with Crippen molar-refractivity contribution in [3.63, 3.8) is 0 Å². The molecule has 1 aliphatic rings. The Hall–Kier alpha value is -2.42. The molecule has 2 atom stereocenters. The topological polar surface area (TPSA) is 112 Å². The fraction of sp³-hybridized carbons (Fsp3) is 0.735. The largest absolute Gasteiger partial charge is 0.459 e. The number of unbranched alkanes of at least 4 members (excludes halogenated alkanes) is 1. The van der Waals surface area contributed by atoms with Gasteiger partial charge in [0.1, 0.15) is 16.8 Å². The van der Waals surface area contributed by atoms with Gasteiger partial charge in [-0.3, -0.25) is 9.36 Å². The minimum absolute atomic E-state index is 0.00789. The Bertz CT molecular complexity index is 1140. The molecule has 0 saturated carbocycles. The van der Waals surface area contributed by atoms with Gasteiger partial charge in [0.05, 0.1) is 6.61 Å². The van der Waals surface area contributed by atoms with Crippen LogP contribution >= 0.6 is 7.37 Å². The van der Waals surface area contributed by atoms with E-state index in [1.807, 2.05) is 18.2 Å². The molecule has 2 amide bonds. The third kappa shape index (κ3) is 12.4. The number of aryl methyl sites for hydroxylation is 1. The predicted octanol–water partition coefficient (Wildman–Crippen LogP) is 7.67. The summed E-state index contributed by atoms with van der Waals surface area (Å²) in [6.07, 6.45) is 1.35. The second-order valence-electron chi connectivity index (χ2n) is 14.8. The summed E-state index contributed by atoms with van der Waals surface area (Å²) in [7, 11) is -3.50. The molecule has 256 valence electrons. The van der Waals surface area contributed by atoms with Gasteiger partial charge in [-0.15, -0.1) is 0 Å². The molecule has 1 aromatic carbocycles. The number of hydrogen-bond donors (Lipinski definition) is 0. The standard InChI is InChI=1S/C34H57N2O8P/c1-11-41-45(40)25-24-35(22-17-20-27-18-13-12-14-19-27)26-34(45,28(37)42-31(2,3)4)21-15-16-23-36(29(38)43-32(5,6)7)30(39)44-33(8,9)10/h12-14,18-19H,11,15-17,20-26H2,1-10H3. The molecule has 1 heterocycles. The first-order valence-corrected chi connectivity index (χ1v) is 18.0. The van der Waals surface area contributed by atoms with Gasteiger partial charge in [-0.1, -0.05) is 30.3 Å². The Kier molecular flexibility index (Phi) is 13.7. The minimum atomic E-state index is -3.50. The van der Waals surface area contributed by atoms with Gasteiger partial charge in [0, 0.05) is 25.8 Å². The summed E-state index contributed by atoms with van der Waals surface area (Å²) in [4.78, 5) is 43.2. The highest BCUT2D eigenvalue weighted by molar-refractivity contribution is 7.62. The number of hydrogen-bond acceptors (Lipinski definition) is 9. The lowest BCUT2D eigenvalue weighted by atomic mass is 9.98. The Morgan fingerprint density at radius 3 is 1.91 bits per heavy atom. The third-order valence-corrected chi connectivity index (χ3v) is 10.5. The van der Waals surface area contributed by atoms with Crippen LogP contribution in [-0.4, -0.2) is 88.9 Å². The molecule has 0 radical (unpaired) electrons. The quantitative estimate of drug-likeness (QED) is 0.0972. The van der Waals surface area contributed by atoms with Gasteiger partial charge in [-0.2, -0.15) is 0 Å². The van der Waals surface area contributed by atoms with Gasteiger partial charge in [0.15, 0.2) is 5.16 Å². The van der Waals surface area contributed by atoms with E-state index in [1.54, 1.807) is 69.2 Å². The van der Waals surface area contributed by atoms with Crippen LogP contribution in [0.4, 0.5) is 9.59 Å². The van der Waals surface area contributed by atoms with E-state index in [2.05, 4.69) is 17.0 Å². The van der Waals surface area contributed by atoms with Gasteiger partial charge in [0.2, 0.25) is 7.37 Å². The molecule has 1 aromatic rings. The number of nitrogens with zero attached hydrogens (tertiary/aromatic N) is 2. The van der Waals surface area contributed by atoms with E-state index in [1.165, 1.54) is 5.56 Å². The van der Waals surface area contributed by atoms with Crippen LogP contribution in [0.25, 0.3) is 0 Å². The fourth-order valence-corrected chi connectivity index (χ4v) is 8.30. The highest BCUT2D eigenvalue weighted by Gasteiger charge is 2.59. The van der Waals surface area contributed by atoms with E-state index < -0.39 is 47.5 Å².